The Kier molecular flexibility index (Phi) is 3.26. The number of benzene rings is 1. The molecule has 1 aromatic carbocycles. The maximum Gasteiger partial charge on any atom is 0.227 e. The maximum atomic E-state index is 11.6. The molecule has 0 saturated heterocycles. The van der Waals surface area contributed by atoms with Crippen LogP contribution in [0.25, 0.3) is 0 Å². The summed E-state index contributed by atoms with van der Waals surface area (Å²) in [6.07, 6.45) is 1.66. The zero-order valence-electron chi connectivity index (χ0n) is 7.78. The van der Waals surface area contributed by atoms with Crippen LogP contribution in [0.3, 0.4) is 0 Å². The molecule has 0 bridgehead atoms. The smallest absolute Gasteiger partial charge is 0.227 e. The number of Topliss-reactive ketones (excluding diaryl/α,β-unsaturated/α-hetero) is 1. The van der Waals surface area contributed by atoms with E-state index in [-0.39, 0.29) is 5.78 Å². The third-order valence-electron chi connectivity index (χ3n) is 1.74. The number of methoxy groups -OCH3 is 1. The van der Waals surface area contributed by atoms with Crippen molar-refractivity contribution >= 4 is 5.78 Å². The van der Waals surface area contributed by atoms with Gasteiger partial charge < -0.3 is 4.74 Å². The Labute approximate surface area is 77.8 Å². The number of ether oxygens (including phenoxy) is 1. The molecular weight excluding hydrogens is 164 g/mol. The first-order valence-corrected chi connectivity index (χ1v) is 4.09. The molecule has 0 aromatic heterocycles. The first-order valence-electron chi connectivity index (χ1n) is 4.09. The molecule has 0 aliphatic heterocycles. The van der Waals surface area contributed by atoms with Gasteiger partial charge in [-0.25, -0.2) is 0 Å². The molecule has 2 heteroatoms. The summed E-state index contributed by atoms with van der Waals surface area (Å²) in [4.78, 5) is 11.6. The average Bonchev–Trinajstić information content (AvgIpc) is 2.21. The minimum atomic E-state index is -0.0781. The maximum absolute atomic E-state index is 11.6. The summed E-state index contributed by atoms with van der Waals surface area (Å²) in [7, 11) is 1.50. The van der Waals surface area contributed by atoms with Crippen molar-refractivity contribution in [3.8, 4) is 0 Å². The molecule has 0 N–H and O–H groups in total. The molecule has 13 heavy (non-hydrogen) atoms. The highest BCUT2D eigenvalue weighted by molar-refractivity contribution is 6.07. The highest BCUT2D eigenvalue weighted by atomic mass is 16.5. The van der Waals surface area contributed by atoms with E-state index in [1.807, 2.05) is 18.2 Å². The van der Waals surface area contributed by atoms with E-state index in [2.05, 4.69) is 0 Å². The fourth-order valence-corrected chi connectivity index (χ4v) is 1.07. The zero-order chi connectivity index (χ0) is 9.68. The van der Waals surface area contributed by atoms with Crippen LogP contribution in [0.15, 0.2) is 42.2 Å². The number of rotatable bonds is 3. The molecule has 2 nitrogen and oxygen atoms in total. The van der Waals surface area contributed by atoms with E-state index in [4.69, 9.17) is 4.74 Å². The molecule has 1 aromatic rings. The Morgan fingerprint density at radius 3 is 2.38 bits per heavy atom. The summed E-state index contributed by atoms with van der Waals surface area (Å²) in [5.74, 6) is 0.303. The first kappa shape index (κ1) is 9.52. The molecule has 0 fully saturated rings. The number of allylic oxidation sites excluding steroid dienone is 2. The van der Waals surface area contributed by atoms with Crippen LogP contribution in [0, 0.1) is 0 Å². The molecule has 68 valence electrons. The van der Waals surface area contributed by atoms with Crippen LogP contribution in [0.4, 0.5) is 0 Å². The summed E-state index contributed by atoms with van der Waals surface area (Å²) in [5, 5.41) is 0. The Bertz CT molecular complexity index is 312. The summed E-state index contributed by atoms with van der Waals surface area (Å²) in [6.45, 7) is 1.78. The fourth-order valence-electron chi connectivity index (χ4n) is 1.07. The Balaban J connectivity index is 2.92. The number of carbonyl (C=O) groups is 1. The molecule has 0 atom stereocenters. The first-order chi connectivity index (χ1) is 6.29. The van der Waals surface area contributed by atoms with Crippen molar-refractivity contribution in [1.82, 2.24) is 0 Å². The van der Waals surface area contributed by atoms with E-state index in [1.165, 1.54) is 7.11 Å². The van der Waals surface area contributed by atoms with Crippen LogP contribution in [0.1, 0.15) is 17.3 Å². The highest BCUT2D eigenvalue weighted by Crippen LogP contribution is 2.07. The van der Waals surface area contributed by atoms with Gasteiger partial charge in [-0.1, -0.05) is 30.3 Å². The van der Waals surface area contributed by atoms with E-state index in [1.54, 1.807) is 25.1 Å². The minimum Gasteiger partial charge on any atom is -0.493 e. The molecule has 0 unspecified atom stereocenters. The Morgan fingerprint density at radius 1 is 1.31 bits per heavy atom. The van der Waals surface area contributed by atoms with E-state index in [9.17, 15) is 4.79 Å². The second kappa shape index (κ2) is 4.45. The molecule has 0 saturated carbocycles. The van der Waals surface area contributed by atoms with E-state index in [0.717, 1.165) is 0 Å². The van der Waals surface area contributed by atoms with E-state index >= 15 is 0 Å². The summed E-state index contributed by atoms with van der Waals surface area (Å²) in [5.41, 5.74) is 0.650. The van der Waals surface area contributed by atoms with Crippen LogP contribution in [0.5, 0.6) is 0 Å². The van der Waals surface area contributed by atoms with Gasteiger partial charge in [-0.05, 0) is 13.0 Å². The standard InChI is InChI=1S/C11H12O2/c1-3-10(13-2)11(12)9-7-5-4-6-8-9/h3-8H,1-2H3. The van der Waals surface area contributed by atoms with Crippen LogP contribution >= 0.6 is 0 Å². The quantitative estimate of drug-likeness (QED) is 0.401. The van der Waals surface area contributed by atoms with Gasteiger partial charge in [0.25, 0.3) is 0 Å². The Morgan fingerprint density at radius 2 is 1.92 bits per heavy atom. The van der Waals surface area contributed by atoms with Crippen LogP contribution < -0.4 is 0 Å². The predicted molar refractivity (Wildman–Crippen MR) is 51.5 cm³/mol. The summed E-state index contributed by atoms with van der Waals surface area (Å²) < 4.78 is 4.93. The summed E-state index contributed by atoms with van der Waals surface area (Å²) in [6, 6.07) is 9.07. The lowest BCUT2D eigenvalue weighted by molar-refractivity contribution is 0.0953. The van der Waals surface area contributed by atoms with Gasteiger partial charge in [-0.3, -0.25) is 4.79 Å². The SMILES string of the molecule is CC=C(OC)C(=O)c1ccccc1. The highest BCUT2D eigenvalue weighted by Gasteiger charge is 2.10. The van der Waals surface area contributed by atoms with Crippen molar-refractivity contribution in [2.45, 2.75) is 6.92 Å². The van der Waals surface area contributed by atoms with Gasteiger partial charge in [-0.15, -0.1) is 0 Å². The molecule has 0 radical (unpaired) electrons. The molecule has 1 rings (SSSR count). The number of ketones is 1. The summed E-state index contributed by atoms with van der Waals surface area (Å²) >= 11 is 0. The lowest BCUT2D eigenvalue weighted by atomic mass is 10.1. The molecule has 0 heterocycles. The van der Waals surface area contributed by atoms with Crippen LogP contribution in [0.2, 0.25) is 0 Å². The van der Waals surface area contributed by atoms with Gasteiger partial charge in [0.05, 0.1) is 7.11 Å². The van der Waals surface area contributed by atoms with Crippen LogP contribution in [-0.4, -0.2) is 12.9 Å². The molecule has 0 spiro atoms. The third-order valence-corrected chi connectivity index (χ3v) is 1.74. The second-order valence-electron chi connectivity index (χ2n) is 2.55. The second-order valence-corrected chi connectivity index (χ2v) is 2.55. The van der Waals surface area contributed by atoms with Gasteiger partial charge in [0.15, 0.2) is 5.76 Å². The van der Waals surface area contributed by atoms with Crippen molar-refractivity contribution in [3.05, 3.63) is 47.7 Å². The predicted octanol–water partition coefficient (Wildman–Crippen LogP) is 2.42. The number of hydrogen-bond donors (Lipinski definition) is 0. The molecule has 0 aliphatic rings. The Hall–Kier alpha value is -1.57. The largest absolute Gasteiger partial charge is 0.493 e. The molecule has 0 amide bonds. The average molecular weight is 176 g/mol. The monoisotopic (exact) mass is 176 g/mol. The van der Waals surface area contributed by atoms with Gasteiger partial charge in [0, 0.05) is 5.56 Å². The van der Waals surface area contributed by atoms with Crippen molar-refractivity contribution < 1.29 is 9.53 Å². The molecule has 0 aliphatic carbocycles. The number of hydrogen-bond acceptors (Lipinski definition) is 2. The van der Waals surface area contributed by atoms with Crippen molar-refractivity contribution in [2.75, 3.05) is 7.11 Å². The van der Waals surface area contributed by atoms with Crippen molar-refractivity contribution in [3.63, 3.8) is 0 Å². The van der Waals surface area contributed by atoms with Gasteiger partial charge in [-0.2, -0.15) is 0 Å². The minimum absolute atomic E-state index is 0.0781. The van der Waals surface area contributed by atoms with Gasteiger partial charge >= 0.3 is 0 Å². The number of carbonyl (C=O) groups excluding carboxylic acids is 1. The zero-order valence-corrected chi connectivity index (χ0v) is 7.78. The molecular formula is C11H12O2. The van der Waals surface area contributed by atoms with E-state index < -0.39 is 0 Å². The van der Waals surface area contributed by atoms with Crippen LogP contribution in [-0.2, 0) is 4.74 Å². The lowest BCUT2D eigenvalue weighted by Crippen LogP contribution is -2.04. The lowest BCUT2D eigenvalue weighted by Gasteiger charge is -2.03. The fraction of sp³-hybridized carbons (Fsp3) is 0.182. The topological polar surface area (TPSA) is 26.3 Å². The van der Waals surface area contributed by atoms with Gasteiger partial charge in [0.1, 0.15) is 0 Å². The normalized spacial score (nSPS) is 11.1. The van der Waals surface area contributed by atoms with E-state index in [0.29, 0.717) is 11.3 Å². The van der Waals surface area contributed by atoms with Crippen molar-refractivity contribution in [2.24, 2.45) is 0 Å². The van der Waals surface area contributed by atoms with Crippen molar-refractivity contribution in [1.29, 1.82) is 0 Å². The van der Waals surface area contributed by atoms with Gasteiger partial charge in [0.2, 0.25) is 5.78 Å². The third kappa shape index (κ3) is 2.18.